The van der Waals surface area contributed by atoms with Crippen molar-refractivity contribution in [2.24, 2.45) is 5.92 Å². The Morgan fingerprint density at radius 1 is 1.06 bits per heavy atom. The van der Waals surface area contributed by atoms with Crippen LogP contribution in [0.15, 0.2) is 66.7 Å². The Hall–Kier alpha value is -3.49. The number of halogens is 2. The van der Waals surface area contributed by atoms with Crippen LogP contribution in [0.25, 0.3) is 20.9 Å². The van der Waals surface area contributed by atoms with E-state index in [9.17, 15) is 13.6 Å². The highest BCUT2D eigenvalue weighted by Crippen LogP contribution is 2.46. The normalized spacial score (nSPS) is 17.1. The standard InChI is InChI=1S/C26H19F2N3O2S/c27-19-4-2-1-3-18(19)26(9-10-26)22-8-7-21-24(30-22)34-23(29-21)17-6-5-15(11-20(17)28)12-31-13-16(14-31)25(32)33/h1-11,16H,12-14H2,(H,32,33). The predicted octanol–water partition coefficient (Wildman–Crippen LogP) is 5.01. The summed E-state index contributed by atoms with van der Waals surface area (Å²) in [6, 6.07) is 15.4. The summed E-state index contributed by atoms with van der Waals surface area (Å²) in [6.07, 6.45) is 3.85. The van der Waals surface area contributed by atoms with E-state index in [0.29, 0.717) is 51.8 Å². The van der Waals surface area contributed by atoms with E-state index in [2.05, 4.69) is 4.98 Å². The van der Waals surface area contributed by atoms with E-state index in [1.54, 1.807) is 18.2 Å². The molecule has 1 saturated heterocycles. The fourth-order valence-electron chi connectivity index (χ4n) is 4.47. The number of allylic oxidation sites excluding steroid dienone is 2. The minimum Gasteiger partial charge on any atom is -0.481 e. The largest absolute Gasteiger partial charge is 0.481 e. The maximum absolute atomic E-state index is 15.0. The third-order valence-electron chi connectivity index (χ3n) is 6.48. The summed E-state index contributed by atoms with van der Waals surface area (Å²) in [5, 5.41) is 9.53. The molecule has 0 saturated carbocycles. The molecule has 1 N–H and O–H groups in total. The topological polar surface area (TPSA) is 66.3 Å². The molecule has 2 aliphatic rings. The van der Waals surface area contributed by atoms with Crippen LogP contribution in [0.3, 0.4) is 0 Å². The van der Waals surface area contributed by atoms with E-state index >= 15 is 0 Å². The van der Waals surface area contributed by atoms with E-state index < -0.39 is 11.4 Å². The lowest BCUT2D eigenvalue weighted by Crippen LogP contribution is -2.49. The molecule has 1 fully saturated rings. The Balaban J connectivity index is 1.26. The average Bonchev–Trinajstić information content (AvgIpc) is 3.48. The van der Waals surface area contributed by atoms with Gasteiger partial charge in [-0.2, -0.15) is 0 Å². The van der Waals surface area contributed by atoms with Crippen molar-refractivity contribution in [2.75, 3.05) is 13.1 Å². The van der Waals surface area contributed by atoms with E-state index in [1.165, 1.54) is 23.5 Å². The number of hydrogen-bond donors (Lipinski definition) is 1. The predicted molar refractivity (Wildman–Crippen MR) is 126 cm³/mol. The highest BCUT2D eigenvalue weighted by Gasteiger charge is 2.41. The lowest BCUT2D eigenvalue weighted by Gasteiger charge is -2.36. The van der Waals surface area contributed by atoms with Crippen LogP contribution < -0.4 is 0 Å². The summed E-state index contributed by atoms with van der Waals surface area (Å²) in [6.45, 7) is 1.47. The van der Waals surface area contributed by atoms with Gasteiger partial charge in [-0.1, -0.05) is 47.8 Å². The quantitative estimate of drug-likeness (QED) is 0.397. The molecule has 6 rings (SSSR count). The van der Waals surface area contributed by atoms with Crippen molar-refractivity contribution in [1.29, 1.82) is 0 Å². The van der Waals surface area contributed by atoms with Gasteiger partial charge in [-0.15, -0.1) is 0 Å². The van der Waals surface area contributed by atoms with Gasteiger partial charge < -0.3 is 5.11 Å². The molecular formula is C26H19F2N3O2S. The van der Waals surface area contributed by atoms with Crippen LogP contribution in [0.1, 0.15) is 16.8 Å². The van der Waals surface area contributed by atoms with E-state index in [4.69, 9.17) is 10.1 Å². The lowest BCUT2D eigenvalue weighted by molar-refractivity contribution is -0.147. The van der Waals surface area contributed by atoms with Crippen molar-refractivity contribution in [3.8, 4) is 10.6 Å². The Morgan fingerprint density at radius 2 is 1.85 bits per heavy atom. The number of thiazole rings is 1. The summed E-state index contributed by atoms with van der Waals surface area (Å²) in [7, 11) is 0. The number of carboxylic acid groups (broad SMARTS) is 1. The summed E-state index contributed by atoms with van der Waals surface area (Å²) >= 11 is 1.30. The summed E-state index contributed by atoms with van der Waals surface area (Å²) in [5.74, 6) is -1.78. The van der Waals surface area contributed by atoms with Crippen LogP contribution >= 0.6 is 11.3 Å². The molecule has 3 heterocycles. The molecule has 8 heteroatoms. The van der Waals surface area contributed by atoms with Gasteiger partial charge in [0.2, 0.25) is 0 Å². The maximum atomic E-state index is 15.0. The first-order valence-corrected chi connectivity index (χ1v) is 11.7. The number of benzene rings is 2. The number of aromatic nitrogens is 2. The Bertz CT molecular complexity index is 1470. The maximum Gasteiger partial charge on any atom is 0.309 e. The Kier molecular flexibility index (Phi) is 4.82. The van der Waals surface area contributed by atoms with E-state index in [0.717, 1.165) is 5.56 Å². The number of carboxylic acids is 1. The van der Waals surface area contributed by atoms with E-state index in [-0.39, 0.29) is 17.6 Å². The van der Waals surface area contributed by atoms with Crippen molar-refractivity contribution in [2.45, 2.75) is 12.0 Å². The second-order valence-corrected chi connectivity index (χ2v) is 9.74. The molecule has 1 aliphatic carbocycles. The highest BCUT2D eigenvalue weighted by molar-refractivity contribution is 7.21. The van der Waals surface area contributed by atoms with Crippen molar-refractivity contribution < 1.29 is 18.7 Å². The Morgan fingerprint density at radius 3 is 2.56 bits per heavy atom. The van der Waals surface area contributed by atoms with Crippen LogP contribution in [0, 0.1) is 17.6 Å². The molecule has 0 amide bonds. The van der Waals surface area contributed by atoms with Gasteiger partial charge in [-0.3, -0.25) is 9.69 Å². The first kappa shape index (κ1) is 21.1. The van der Waals surface area contributed by atoms with Gasteiger partial charge in [0.1, 0.15) is 27.0 Å². The molecule has 34 heavy (non-hydrogen) atoms. The van der Waals surface area contributed by atoms with Crippen LogP contribution in [0.2, 0.25) is 0 Å². The minimum atomic E-state index is -0.789. The van der Waals surface area contributed by atoms with Crippen molar-refractivity contribution in [3.05, 3.63) is 95.2 Å². The second-order valence-electron chi connectivity index (χ2n) is 8.77. The van der Waals surface area contributed by atoms with Gasteiger partial charge in [-0.25, -0.2) is 18.7 Å². The third kappa shape index (κ3) is 3.50. The molecule has 1 aliphatic heterocycles. The molecule has 0 unspecified atom stereocenters. The van der Waals surface area contributed by atoms with Gasteiger partial charge in [0.15, 0.2) is 0 Å². The number of hydrogen-bond acceptors (Lipinski definition) is 5. The van der Waals surface area contributed by atoms with Crippen LogP contribution in [0.4, 0.5) is 8.78 Å². The monoisotopic (exact) mass is 475 g/mol. The number of rotatable bonds is 6. The molecule has 0 bridgehead atoms. The van der Waals surface area contributed by atoms with Gasteiger partial charge >= 0.3 is 5.97 Å². The number of carbonyl (C=O) groups is 1. The van der Waals surface area contributed by atoms with Crippen molar-refractivity contribution in [1.82, 2.24) is 14.9 Å². The minimum absolute atomic E-state index is 0.279. The molecule has 0 spiro atoms. The molecule has 4 aromatic rings. The first-order chi connectivity index (χ1) is 16.4. The SMILES string of the molecule is O=C(O)C1CN(Cc2ccc(-c3nc4ccc(C5(c6ccccc6F)C=C5)nc4s3)c(F)c2)C1. The molecule has 0 radical (unpaired) electrons. The van der Waals surface area contributed by atoms with Crippen LogP contribution in [-0.4, -0.2) is 39.0 Å². The number of likely N-dealkylation sites (tertiary alicyclic amines) is 1. The van der Waals surface area contributed by atoms with Crippen molar-refractivity contribution in [3.63, 3.8) is 0 Å². The first-order valence-electron chi connectivity index (χ1n) is 10.9. The zero-order valence-electron chi connectivity index (χ0n) is 17.9. The number of nitrogens with zero attached hydrogens (tertiary/aromatic N) is 3. The number of pyridine rings is 1. The highest BCUT2D eigenvalue weighted by atomic mass is 32.1. The molecule has 170 valence electrons. The van der Waals surface area contributed by atoms with Crippen LogP contribution in [0.5, 0.6) is 0 Å². The van der Waals surface area contributed by atoms with E-state index in [1.807, 2.05) is 41.3 Å². The van der Waals surface area contributed by atoms with Crippen LogP contribution in [-0.2, 0) is 16.8 Å². The fourth-order valence-corrected chi connectivity index (χ4v) is 5.44. The molecule has 2 aromatic heterocycles. The van der Waals surface area contributed by atoms with Crippen molar-refractivity contribution >= 4 is 27.7 Å². The summed E-state index contributed by atoms with van der Waals surface area (Å²) < 4.78 is 29.4. The number of fused-ring (bicyclic) bond motifs is 1. The van der Waals surface area contributed by atoms with Gasteiger partial charge in [0, 0.05) is 30.8 Å². The molecule has 0 atom stereocenters. The zero-order chi connectivity index (χ0) is 23.4. The van der Waals surface area contributed by atoms with Gasteiger partial charge in [-0.05, 0) is 35.9 Å². The molecule has 2 aromatic carbocycles. The summed E-state index contributed by atoms with van der Waals surface area (Å²) in [4.78, 5) is 22.9. The lowest BCUT2D eigenvalue weighted by atomic mass is 9.89. The average molecular weight is 476 g/mol. The zero-order valence-corrected chi connectivity index (χ0v) is 18.7. The van der Waals surface area contributed by atoms with Gasteiger partial charge in [0.05, 0.1) is 17.0 Å². The van der Waals surface area contributed by atoms with Gasteiger partial charge in [0.25, 0.3) is 0 Å². The summed E-state index contributed by atoms with van der Waals surface area (Å²) in [5.41, 5.74) is 2.48. The Labute approximate surface area is 198 Å². The fraction of sp³-hybridized carbons (Fsp3) is 0.192. The smallest absolute Gasteiger partial charge is 0.309 e. The second kappa shape index (κ2) is 7.78. The molecule has 5 nitrogen and oxygen atoms in total. The molecular weight excluding hydrogens is 456 g/mol. The third-order valence-corrected chi connectivity index (χ3v) is 7.47. The number of aliphatic carboxylic acids is 1.